The zero-order valence-electron chi connectivity index (χ0n) is 42.7. The number of phenolic OH excluding ortho intramolecular Hbond substituents is 4. The van der Waals surface area contributed by atoms with E-state index in [4.69, 9.17) is 32.5 Å². The van der Waals surface area contributed by atoms with Crippen LogP contribution in [0.4, 0.5) is 11.4 Å². The van der Waals surface area contributed by atoms with Gasteiger partial charge in [0, 0.05) is 67.3 Å². The lowest BCUT2D eigenvalue weighted by molar-refractivity contribution is -0.147. The van der Waals surface area contributed by atoms with Gasteiger partial charge in [0.15, 0.2) is 0 Å². The number of H-pyrrole nitrogens is 2. The van der Waals surface area contributed by atoms with Crippen molar-refractivity contribution in [3.8, 4) is 68.0 Å². The molecule has 2 aromatic heterocycles. The maximum absolute atomic E-state index is 12.8. The predicted octanol–water partition coefficient (Wildman–Crippen LogP) is 2.77. The van der Waals surface area contributed by atoms with Gasteiger partial charge in [-0.1, -0.05) is 0 Å². The molecule has 4 atom stereocenters. The van der Waals surface area contributed by atoms with Crippen LogP contribution in [0.2, 0.25) is 0 Å². The smallest absolute Gasteiger partial charge is 0.326 e. The molecule has 0 saturated heterocycles. The molecule has 0 radical (unpaired) electrons. The molecule has 0 aliphatic rings. The third-order valence-corrected chi connectivity index (χ3v) is 13.0. The zero-order chi connectivity index (χ0) is 61.4. The van der Waals surface area contributed by atoms with E-state index in [1.165, 1.54) is 60.7 Å². The number of aromatic nitrogens is 4. The van der Waals surface area contributed by atoms with Crippen LogP contribution in [0.25, 0.3) is 67.1 Å². The fourth-order valence-electron chi connectivity index (χ4n) is 8.41. The Morgan fingerprint density at radius 2 is 0.881 bits per heavy atom. The number of nitrogen functional groups attached to an aromatic ring is 2. The van der Waals surface area contributed by atoms with Crippen LogP contribution in [-0.2, 0) is 64.1 Å². The average molecular weight is 1190 g/mol. The summed E-state index contributed by atoms with van der Waals surface area (Å²) in [6.07, 6.45) is -2.66. The van der Waals surface area contributed by atoms with Crippen molar-refractivity contribution >= 4 is 103 Å². The van der Waals surface area contributed by atoms with E-state index < -0.39 is 107 Å². The Kier molecular flexibility index (Phi) is 18.5. The summed E-state index contributed by atoms with van der Waals surface area (Å²) in [6, 6.07) is 19.0. The molecule has 8 aromatic rings. The maximum atomic E-state index is 12.8. The molecule has 6 aromatic carbocycles. The van der Waals surface area contributed by atoms with Gasteiger partial charge in [0.2, 0.25) is 11.8 Å². The first-order valence-corrected chi connectivity index (χ1v) is 26.1. The van der Waals surface area contributed by atoms with Crippen molar-refractivity contribution in [3.05, 3.63) is 119 Å². The number of aliphatic carboxylic acids is 4. The number of phenols is 4. The Labute approximate surface area is 476 Å². The first-order valence-electron chi connectivity index (χ1n) is 23.9. The summed E-state index contributed by atoms with van der Waals surface area (Å²) in [5.41, 5.74) is 14.3. The molecular formula is C52H46N12O18S2-2. The van der Waals surface area contributed by atoms with E-state index in [0.29, 0.717) is 33.2 Å². The molecule has 0 fully saturated rings. The molecular weight excluding hydrogens is 1140 g/mol. The number of nitrogens with one attached hydrogen (secondary N) is 8. The SMILES string of the molecule is N=C(N)c1ccc2nc(-c3cc(CC(=O)N[C@@H](CC(=O)O)C(=O)O)cc(-c4cc(NS(=O)[O-])ccc4O)c3O)[nH]c2c1.N=C(N)c1ccc2nc(-c3cc(CC(=O)N[C@H](CC(=O)O)C(=O)O)cc(-c4cc(NS(=O)[O-])ccc4O)c3O)[nH]c2c1. The Morgan fingerprint density at radius 3 is 1.20 bits per heavy atom. The van der Waals surface area contributed by atoms with Crippen molar-refractivity contribution in [2.24, 2.45) is 11.5 Å². The number of hydrogen-bond donors (Lipinski definition) is 18. The summed E-state index contributed by atoms with van der Waals surface area (Å²) in [6.45, 7) is 0. The average Bonchev–Trinajstić information content (AvgIpc) is 2.33. The first kappa shape index (κ1) is 60.7. The first-order chi connectivity index (χ1) is 39.6. The Balaban J connectivity index is 0.000000241. The third-order valence-electron chi connectivity index (χ3n) is 12.2. The fourth-order valence-corrected chi connectivity index (χ4v) is 9.05. The number of hydrogen-bond acceptors (Lipinski definition) is 18. The number of fused-ring (bicyclic) bond motifs is 2. The van der Waals surface area contributed by atoms with Crippen molar-refractivity contribution in [2.75, 3.05) is 9.44 Å². The van der Waals surface area contributed by atoms with Crippen LogP contribution in [0.5, 0.6) is 23.0 Å². The molecule has 8 rings (SSSR count). The van der Waals surface area contributed by atoms with E-state index >= 15 is 0 Å². The number of rotatable bonds is 22. The minimum atomic E-state index is -2.69. The maximum Gasteiger partial charge on any atom is 0.326 e. The van der Waals surface area contributed by atoms with Gasteiger partial charge >= 0.3 is 23.9 Å². The van der Waals surface area contributed by atoms with Crippen LogP contribution < -0.4 is 31.5 Å². The number of nitrogens with zero attached hydrogens (tertiary/aromatic N) is 2. The molecule has 0 spiro atoms. The number of imidazole rings is 2. The van der Waals surface area contributed by atoms with Gasteiger partial charge in [-0.15, -0.1) is 0 Å². The Hall–Kier alpha value is -11.0. The summed E-state index contributed by atoms with van der Waals surface area (Å²) in [5, 5.41) is 99.9. The number of carboxylic acids is 4. The molecule has 84 heavy (non-hydrogen) atoms. The quantitative estimate of drug-likeness (QED) is 0.0201. The summed E-state index contributed by atoms with van der Waals surface area (Å²) < 4.78 is 48.9. The highest BCUT2D eigenvalue weighted by atomic mass is 32.2. The number of amides is 2. The topological polar surface area (TPSA) is 550 Å². The number of amidine groups is 2. The molecule has 0 aliphatic heterocycles. The fraction of sp³-hybridized carbons (Fsp3) is 0.115. The lowest BCUT2D eigenvalue weighted by Crippen LogP contribution is -2.42. The zero-order valence-corrected chi connectivity index (χ0v) is 44.4. The second kappa shape index (κ2) is 25.7. The summed E-state index contributed by atoms with van der Waals surface area (Å²) in [7, 11) is 0. The number of nitrogens with two attached hydrogens (primary N) is 2. The van der Waals surface area contributed by atoms with Crippen molar-refractivity contribution < 1.29 is 87.1 Å². The number of anilines is 2. The van der Waals surface area contributed by atoms with Gasteiger partial charge in [-0.05, 0) is 108 Å². The number of aromatic amines is 2. The highest BCUT2D eigenvalue weighted by Crippen LogP contribution is 2.45. The summed E-state index contributed by atoms with van der Waals surface area (Å²) in [4.78, 5) is 85.3. The van der Waals surface area contributed by atoms with E-state index in [2.05, 4.69) is 40.0 Å². The number of carbonyl (C=O) groups is 6. The number of aromatic hydroxyl groups is 4. The minimum Gasteiger partial charge on any atom is -0.755 e. The summed E-state index contributed by atoms with van der Waals surface area (Å²) in [5.74, 6) is -9.28. The van der Waals surface area contributed by atoms with Crippen LogP contribution in [-0.4, -0.2) is 138 Å². The van der Waals surface area contributed by atoms with Gasteiger partial charge in [0.25, 0.3) is 0 Å². The van der Waals surface area contributed by atoms with Gasteiger partial charge < -0.3 is 91.5 Å². The highest BCUT2D eigenvalue weighted by molar-refractivity contribution is 7.80. The largest absolute Gasteiger partial charge is 0.755 e. The van der Waals surface area contributed by atoms with E-state index in [-0.39, 0.29) is 90.7 Å². The lowest BCUT2D eigenvalue weighted by Gasteiger charge is -2.16. The molecule has 436 valence electrons. The normalized spacial score (nSPS) is 12.4. The molecule has 0 saturated carbocycles. The van der Waals surface area contributed by atoms with E-state index in [1.54, 1.807) is 36.4 Å². The molecule has 2 unspecified atom stereocenters. The predicted molar refractivity (Wildman–Crippen MR) is 299 cm³/mol. The van der Waals surface area contributed by atoms with Crippen LogP contribution in [0.3, 0.4) is 0 Å². The highest BCUT2D eigenvalue weighted by Gasteiger charge is 2.27. The number of carboxylic acid groups (broad SMARTS) is 4. The van der Waals surface area contributed by atoms with Crippen molar-refractivity contribution in [1.82, 2.24) is 30.6 Å². The van der Waals surface area contributed by atoms with Gasteiger partial charge in [-0.25, -0.2) is 19.6 Å². The van der Waals surface area contributed by atoms with E-state index in [1.807, 2.05) is 0 Å². The third kappa shape index (κ3) is 14.9. The van der Waals surface area contributed by atoms with Crippen molar-refractivity contribution in [1.29, 1.82) is 10.8 Å². The lowest BCUT2D eigenvalue weighted by atomic mass is 9.95. The number of carbonyl (C=O) groups excluding carboxylic acids is 2. The second-order valence-corrected chi connectivity index (χ2v) is 19.5. The summed E-state index contributed by atoms with van der Waals surface area (Å²) >= 11 is -5.39. The van der Waals surface area contributed by atoms with E-state index in [0.717, 1.165) is 0 Å². The van der Waals surface area contributed by atoms with Crippen LogP contribution >= 0.6 is 0 Å². The van der Waals surface area contributed by atoms with E-state index in [9.17, 15) is 76.9 Å². The van der Waals surface area contributed by atoms with Crippen LogP contribution in [0, 0.1) is 10.8 Å². The van der Waals surface area contributed by atoms with Gasteiger partial charge in [0.05, 0.1) is 58.9 Å². The molecule has 2 heterocycles. The molecule has 0 bridgehead atoms. The standard InChI is InChI=1S/2C26H24N6O9S/c2*27-24(28)12-1-3-17-18(8-12)31-25(30-17)16-6-11(7-21(34)29-19(26(38)39)10-22(35)36)5-15(23(16)37)14-9-13(32-42(40)41)2-4-20(14)33/h2*1-6,8-9,19,32-33,37H,7,10H2,(H3,27,28)(H,29,34)(H,30,31)(H,35,36)(H,38,39)(H,40,41)/p-2/t2*19-/m10/s1. The molecule has 30 nitrogen and oxygen atoms in total. The van der Waals surface area contributed by atoms with Gasteiger partial charge in [0.1, 0.15) is 58.4 Å². The van der Waals surface area contributed by atoms with Crippen LogP contribution in [0.15, 0.2) is 97.1 Å². The molecule has 2 amide bonds. The van der Waals surface area contributed by atoms with Gasteiger partial charge in [-0.2, -0.15) is 0 Å². The minimum absolute atomic E-state index is 0.0178. The molecule has 32 heteroatoms. The Bertz CT molecular complexity index is 3800. The Morgan fingerprint density at radius 1 is 0.524 bits per heavy atom. The van der Waals surface area contributed by atoms with Crippen LogP contribution in [0.1, 0.15) is 35.1 Å². The van der Waals surface area contributed by atoms with Crippen molar-refractivity contribution in [3.63, 3.8) is 0 Å². The monoisotopic (exact) mass is 1190 g/mol. The van der Waals surface area contributed by atoms with Crippen molar-refractivity contribution in [2.45, 2.75) is 37.8 Å². The molecule has 20 N–H and O–H groups in total. The van der Waals surface area contributed by atoms with Gasteiger partial charge in [-0.3, -0.25) is 38.4 Å². The second-order valence-electron chi connectivity index (χ2n) is 18.1. The molecule has 0 aliphatic carbocycles. The number of benzene rings is 6.